The van der Waals surface area contributed by atoms with Crippen LogP contribution in [0.2, 0.25) is 0 Å². The van der Waals surface area contributed by atoms with Crippen LogP contribution in [0.15, 0.2) is 69.8 Å². The van der Waals surface area contributed by atoms with Gasteiger partial charge in [-0.2, -0.15) is 5.10 Å². The molecule has 0 fully saturated rings. The smallest absolute Gasteiger partial charge is 0.166 e. The Kier molecular flexibility index (Phi) is 5.43. The number of amidine groups is 1. The minimum absolute atomic E-state index is 0.326. The van der Waals surface area contributed by atoms with E-state index in [2.05, 4.69) is 19.1 Å². The highest BCUT2D eigenvalue weighted by molar-refractivity contribution is 6.45. The van der Waals surface area contributed by atoms with Crippen LogP contribution in [0.25, 0.3) is 5.69 Å². The van der Waals surface area contributed by atoms with Crippen molar-refractivity contribution in [2.24, 2.45) is 4.99 Å². The van der Waals surface area contributed by atoms with Crippen molar-refractivity contribution in [3.8, 4) is 17.2 Å². The first-order valence-electron chi connectivity index (χ1n) is 10.4. The fraction of sp³-hybridized carbons (Fsp3) is 0.200. The van der Waals surface area contributed by atoms with Crippen LogP contribution in [-0.4, -0.2) is 34.7 Å². The van der Waals surface area contributed by atoms with E-state index in [1.807, 2.05) is 53.0 Å². The van der Waals surface area contributed by atoms with Crippen molar-refractivity contribution in [1.29, 1.82) is 0 Å². The van der Waals surface area contributed by atoms with E-state index >= 15 is 0 Å². The summed E-state index contributed by atoms with van der Waals surface area (Å²) in [5.74, 6) is 2.58. The summed E-state index contributed by atoms with van der Waals surface area (Å²) in [4.78, 5) is 6.91. The van der Waals surface area contributed by atoms with Crippen LogP contribution in [0, 0.1) is 13.8 Å². The number of allylic oxidation sites excluding steroid dienone is 2. The molecule has 2 aromatic carbocycles. The molecule has 0 bridgehead atoms. The van der Waals surface area contributed by atoms with E-state index in [-0.39, 0.29) is 6.04 Å². The third-order valence-electron chi connectivity index (χ3n) is 5.84. The Morgan fingerprint density at radius 3 is 2.42 bits per heavy atom. The van der Waals surface area contributed by atoms with Gasteiger partial charge in [0.05, 0.1) is 41.7 Å². The molecule has 0 radical (unpaired) electrons. The number of aromatic nitrogens is 2. The molecule has 168 valence electrons. The highest BCUT2D eigenvalue weighted by Crippen LogP contribution is 2.49. The van der Waals surface area contributed by atoms with Crippen LogP contribution in [0.3, 0.4) is 0 Å². The molecule has 5 rings (SSSR count). The lowest BCUT2D eigenvalue weighted by Crippen LogP contribution is -2.36. The van der Waals surface area contributed by atoms with Crippen LogP contribution in [0.5, 0.6) is 11.5 Å². The van der Waals surface area contributed by atoms with Crippen molar-refractivity contribution >= 4 is 34.9 Å². The fourth-order valence-electron chi connectivity index (χ4n) is 4.34. The third kappa shape index (κ3) is 3.50. The Hall–Kier alpha value is -3.22. The molecule has 0 saturated carbocycles. The lowest BCUT2D eigenvalue weighted by molar-refractivity contribution is 0.342. The Morgan fingerprint density at radius 2 is 1.73 bits per heavy atom. The van der Waals surface area contributed by atoms with Gasteiger partial charge in [0.1, 0.15) is 0 Å². The van der Waals surface area contributed by atoms with E-state index in [0.717, 1.165) is 28.3 Å². The number of hydrogen-bond acceptors (Lipinski definition) is 5. The lowest BCUT2D eigenvalue weighted by Gasteiger charge is -2.37. The number of rotatable bonds is 4. The molecule has 3 heterocycles. The number of aliphatic imine (C=N–C) groups is 1. The SMILES string of the molecule is COc1cccc([C@H]2c3c(C)nn(-c4ccc(C)cc4)c3N=C3C(Cl)=CC(Cl)=CN32)c1OC. The highest BCUT2D eigenvalue weighted by atomic mass is 35.5. The summed E-state index contributed by atoms with van der Waals surface area (Å²) < 4.78 is 13.2. The van der Waals surface area contributed by atoms with E-state index in [4.69, 9.17) is 42.8 Å². The molecule has 0 spiro atoms. The highest BCUT2D eigenvalue weighted by Gasteiger charge is 2.39. The largest absolute Gasteiger partial charge is 0.493 e. The molecule has 2 aliphatic rings. The van der Waals surface area contributed by atoms with Crippen LogP contribution < -0.4 is 9.47 Å². The van der Waals surface area contributed by atoms with Gasteiger partial charge in [-0.15, -0.1) is 0 Å². The van der Waals surface area contributed by atoms with Crippen molar-refractivity contribution in [3.05, 3.63) is 87.2 Å². The van der Waals surface area contributed by atoms with Gasteiger partial charge in [0.2, 0.25) is 0 Å². The average Bonchev–Trinajstić information content (AvgIpc) is 3.14. The summed E-state index contributed by atoms with van der Waals surface area (Å²) >= 11 is 13.1. The molecule has 0 N–H and O–H groups in total. The van der Waals surface area contributed by atoms with Gasteiger partial charge in [-0.3, -0.25) is 0 Å². The first-order chi connectivity index (χ1) is 15.9. The normalized spacial score (nSPS) is 17.0. The molecule has 6 nitrogen and oxygen atoms in total. The molecule has 1 atom stereocenters. The van der Waals surface area contributed by atoms with Crippen molar-refractivity contribution in [1.82, 2.24) is 14.7 Å². The maximum absolute atomic E-state index is 6.64. The summed E-state index contributed by atoms with van der Waals surface area (Å²) in [7, 11) is 3.26. The lowest BCUT2D eigenvalue weighted by atomic mass is 9.93. The summed E-state index contributed by atoms with van der Waals surface area (Å²) in [6.07, 6.45) is 3.53. The van der Waals surface area contributed by atoms with E-state index in [1.165, 1.54) is 5.56 Å². The van der Waals surface area contributed by atoms with Crippen molar-refractivity contribution in [2.75, 3.05) is 14.2 Å². The average molecular weight is 481 g/mol. The van der Waals surface area contributed by atoms with Gasteiger partial charge in [0, 0.05) is 17.3 Å². The van der Waals surface area contributed by atoms with Gasteiger partial charge in [0.15, 0.2) is 23.2 Å². The Bertz CT molecular complexity index is 1340. The second kappa shape index (κ2) is 8.28. The van der Waals surface area contributed by atoms with Gasteiger partial charge in [-0.1, -0.05) is 53.0 Å². The van der Waals surface area contributed by atoms with E-state index < -0.39 is 0 Å². The topological polar surface area (TPSA) is 51.9 Å². The first kappa shape index (κ1) is 21.6. The predicted molar refractivity (Wildman–Crippen MR) is 131 cm³/mol. The van der Waals surface area contributed by atoms with E-state index in [0.29, 0.717) is 27.4 Å². The number of methoxy groups -OCH3 is 2. The summed E-state index contributed by atoms with van der Waals surface area (Å²) in [5, 5.41) is 5.83. The molecule has 0 unspecified atom stereocenters. The number of aryl methyl sites for hydroxylation is 2. The molecule has 3 aromatic rings. The van der Waals surface area contributed by atoms with E-state index in [1.54, 1.807) is 20.3 Å². The summed E-state index contributed by atoms with van der Waals surface area (Å²) in [5.41, 5.74) is 4.77. The predicted octanol–water partition coefficient (Wildman–Crippen LogP) is 6.16. The summed E-state index contributed by atoms with van der Waals surface area (Å²) in [6, 6.07) is 13.7. The minimum Gasteiger partial charge on any atom is -0.493 e. The molecular formula is C25H22Cl2N4O2. The Labute approximate surface area is 202 Å². The number of ether oxygens (including phenoxy) is 2. The van der Waals surface area contributed by atoms with Crippen LogP contribution >= 0.6 is 23.2 Å². The van der Waals surface area contributed by atoms with Gasteiger partial charge < -0.3 is 14.4 Å². The molecule has 0 saturated heterocycles. The maximum atomic E-state index is 6.64. The number of halogens is 2. The van der Waals surface area contributed by atoms with Crippen LogP contribution in [0.4, 0.5) is 5.82 Å². The molecule has 0 aliphatic carbocycles. The number of hydrogen-bond donors (Lipinski definition) is 0. The van der Waals surface area contributed by atoms with Crippen molar-refractivity contribution in [3.63, 3.8) is 0 Å². The second-order valence-corrected chi connectivity index (χ2v) is 8.75. The van der Waals surface area contributed by atoms with Gasteiger partial charge >= 0.3 is 0 Å². The molecule has 1 aromatic heterocycles. The standard InChI is InChI=1S/C25H22Cl2N4O2/c1-14-8-10-17(11-9-14)31-25-21(15(2)29-31)22(18-6-5-7-20(32-3)23(18)33-4)30-13-16(26)12-19(27)24(30)28-25/h5-13,22H,1-4H3/t22-/m0/s1. The summed E-state index contributed by atoms with van der Waals surface area (Å²) in [6.45, 7) is 4.04. The third-order valence-corrected chi connectivity index (χ3v) is 6.32. The second-order valence-electron chi connectivity index (χ2n) is 7.90. The fourth-order valence-corrected chi connectivity index (χ4v) is 4.87. The number of nitrogens with zero attached hydrogens (tertiary/aromatic N) is 4. The van der Waals surface area contributed by atoms with Crippen LogP contribution in [-0.2, 0) is 0 Å². The minimum atomic E-state index is -0.326. The molecule has 8 heteroatoms. The van der Waals surface area contributed by atoms with Gasteiger partial charge in [-0.05, 0) is 38.1 Å². The van der Waals surface area contributed by atoms with Gasteiger partial charge in [0.25, 0.3) is 0 Å². The molecule has 33 heavy (non-hydrogen) atoms. The van der Waals surface area contributed by atoms with Crippen molar-refractivity contribution in [2.45, 2.75) is 19.9 Å². The van der Waals surface area contributed by atoms with Crippen molar-refractivity contribution < 1.29 is 9.47 Å². The Morgan fingerprint density at radius 1 is 0.970 bits per heavy atom. The van der Waals surface area contributed by atoms with Gasteiger partial charge in [-0.25, -0.2) is 9.67 Å². The number of para-hydroxylation sites is 1. The molecule has 2 aliphatic heterocycles. The first-order valence-corrected chi connectivity index (χ1v) is 11.2. The molecule has 0 amide bonds. The quantitative estimate of drug-likeness (QED) is 0.448. The zero-order valence-electron chi connectivity index (χ0n) is 18.6. The monoisotopic (exact) mass is 480 g/mol. The van der Waals surface area contributed by atoms with E-state index in [9.17, 15) is 0 Å². The number of fused-ring (bicyclic) bond motifs is 2. The van der Waals surface area contributed by atoms with Crippen LogP contribution in [0.1, 0.15) is 28.4 Å². The zero-order chi connectivity index (χ0) is 23.3. The maximum Gasteiger partial charge on any atom is 0.166 e. The zero-order valence-corrected chi connectivity index (χ0v) is 20.1. The molecular weight excluding hydrogens is 459 g/mol. The number of benzene rings is 2. The Balaban J connectivity index is 1.81.